The molecule has 6 nitrogen and oxygen atoms in total. The van der Waals surface area contributed by atoms with Gasteiger partial charge in [-0.05, 0) is 35.4 Å². The van der Waals surface area contributed by atoms with E-state index in [9.17, 15) is 10.1 Å². The summed E-state index contributed by atoms with van der Waals surface area (Å²) in [4.78, 5) is 18.7. The molecule has 114 valence electrons. The molecule has 6 heteroatoms. The second kappa shape index (κ2) is 6.65. The number of aliphatic imine (C=N–C) groups is 1. The number of hydrogen-bond acceptors (Lipinski definition) is 4. The number of aromatic nitrogens is 2. The number of rotatable bonds is 5. The third-order valence-corrected chi connectivity index (χ3v) is 3.30. The molecule has 0 saturated heterocycles. The lowest BCUT2D eigenvalue weighted by Gasteiger charge is -2.03. The number of nitrogens with zero attached hydrogens (tertiary/aromatic N) is 4. The molecule has 0 atom stereocenters. The van der Waals surface area contributed by atoms with Gasteiger partial charge in [-0.25, -0.2) is 4.98 Å². The zero-order chi connectivity index (χ0) is 16.1. The Bertz CT molecular complexity index is 824. The smallest absolute Gasteiger partial charge is 0.269 e. The molecule has 1 aromatic heterocycles. The first-order valence-electron chi connectivity index (χ1n) is 7.04. The first kappa shape index (κ1) is 14.6. The Hall–Kier alpha value is -3.28. The predicted octanol–water partition coefficient (Wildman–Crippen LogP) is 3.59. The average Bonchev–Trinajstić information content (AvgIpc) is 3.07. The summed E-state index contributed by atoms with van der Waals surface area (Å²) < 4.78 is 1.99. The SMILES string of the molecule is O=[N+]([O-])c1ccc(C=Nc2cccc(Cn3ccnc3)c2)cc1. The van der Waals surface area contributed by atoms with E-state index in [4.69, 9.17) is 0 Å². The molecule has 0 spiro atoms. The van der Waals surface area contributed by atoms with Gasteiger partial charge < -0.3 is 4.57 Å². The van der Waals surface area contributed by atoms with Crippen molar-refractivity contribution in [1.29, 1.82) is 0 Å². The van der Waals surface area contributed by atoms with E-state index >= 15 is 0 Å². The Morgan fingerprint density at radius 2 is 2.04 bits per heavy atom. The van der Waals surface area contributed by atoms with Gasteiger partial charge in [0.15, 0.2) is 0 Å². The number of non-ortho nitro benzene ring substituents is 1. The van der Waals surface area contributed by atoms with Crippen LogP contribution in [0.3, 0.4) is 0 Å². The molecule has 23 heavy (non-hydrogen) atoms. The average molecular weight is 306 g/mol. The Morgan fingerprint density at radius 3 is 2.74 bits per heavy atom. The van der Waals surface area contributed by atoms with E-state index in [0.717, 1.165) is 23.4 Å². The molecule has 2 aromatic carbocycles. The van der Waals surface area contributed by atoms with E-state index in [-0.39, 0.29) is 5.69 Å². The fourth-order valence-electron chi connectivity index (χ4n) is 2.16. The number of nitro groups is 1. The molecule has 0 amide bonds. The third-order valence-electron chi connectivity index (χ3n) is 3.30. The lowest BCUT2D eigenvalue weighted by atomic mass is 10.2. The summed E-state index contributed by atoms with van der Waals surface area (Å²) in [5, 5.41) is 10.6. The zero-order valence-electron chi connectivity index (χ0n) is 12.2. The molecule has 0 N–H and O–H groups in total. The van der Waals surface area contributed by atoms with Crippen LogP contribution in [0, 0.1) is 10.1 Å². The molecular weight excluding hydrogens is 292 g/mol. The van der Waals surface area contributed by atoms with Crippen molar-refractivity contribution in [2.24, 2.45) is 4.99 Å². The molecule has 0 fully saturated rings. The van der Waals surface area contributed by atoms with Crippen molar-refractivity contribution in [2.75, 3.05) is 0 Å². The van der Waals surface area contributed by atoms with Gasteiger partial charge in [0.25, 0.3) is 5.69 Å². The highest BCUT2D eigenvalue weighted by Crippen LogP contribution is 2.16. The Balaban J connectivity index is 1.73. The Kier molecular flexibility index (Phi) is 4.24. The molecule has 0 aliphatic carbocycles. The highest BCUT2D eigenvalue weighted by molar-refractivity contribution is 5.82. The Labute approximate surface area is 132 Å². The fourth-order valence-corrected chi connectivity index (χ4v) is 2.16. The quantitative estimate of drug-likeness (QED) is 0.411. The first-order valence-corrected chi connectivity index (χ1v) is 7.04. The lowest BCUT2D eigenvalue weighted by molar-refractivity contribution is -0.384. The fraction of sp³-hybridized carbons (Fsp3) is 0.0588. The van der Waals surface area contributed by atoms with E-state index < -0.39 is 4.92 Å². The molecule has 0 radical (unpaired) electrons. The van der Waals surface area contributed by atoms with Crippen LogP contribution in [0.25, 0.3) is 0 Å². The first-order chi connectivity index (χ1) is 11.2. The maximum Gasteiger partial charge on any atom is 0.269 e. The predicted molar refractivity (Wildman–Crippen MR) is 88.1 cm³/mol. The molecule has 3 aromatic rings. The van der Waals surface area contributed by atoms with E-state index in [2.05, 4.69) is 9.98 Å². The largest absolute Gasteiger partial charge is 0.333 e. The molecule has 3 rings (SSSR count). The lowest BCUT2D eigenvalue weighted by Crippen LogP contribution is -1.95. The normalized spacial score (nSPS) is 11.0. The van der Waals surface area contributed by atoms with Crippen LogP contribution in [0.15, 0.2) is 72.2 Å². The van der Waals surface area contributed by atoms with Gasteiger partial charge in [-0.1, -0.05) is 12.1 Å². The van der Waals surface area contributed by atoms with Gasteiger partial charge in [0.2, 0.25) is 0 Å². The molecule has 0 aliphatic rings. The van der Waals surface area contributed by atoms with Gasteiger partial charge in [0.05, 0.1) is 16.9 Å². The number of hydrogen-bond donors (Lipinski definition) is 0. The second-order valence-electron chi connectivity index (χ2n) is 5.01. The van der Waals surface area contributed by atoms with E-state index in [0.29, 0.717) is 0 Å². The van der Waals surface area contributed by atoms with Gasteiger partial charge in [0, 0.05) is 37.3 Å². The maximum atomic E-state index is 10.6. The minimum Gasteiger partial charge on any atom is -0.333 e. The van der Waals surface area contributed by atoms with Crippen LogP contribution in [0.2, 0.25) is 0 Å². The van der Waals surface area contributed by atoms with Crippen LogP contribution in [0.4, 0.5) is 11.4 Å². The van der Waals surface area contributed by atoms with Crippen LogP contribution in [0.5, 0.6) is 0 Å². The van der Waals surface area contributed by atoms with Gasteiger partial charge in [-0.3, -0.25) is 15.1 Å². The minimum absolute atomic E-state index is 0.0736. The zero-order valence-corrected chi connectivity index (χ0v) is 12.2. The van der Waals surface area contributed by atoms with Crippen molar-refractivity contribution in [2.45, 2.75) is 6.54 Å². The highest BCUT2D eigenvalue weighted by atomic mass is 16.6. The van der Waals surface area contributed by atoms with Crippen molar-refractivity contribution < 1.29 is 4.92 Å². The van der Waals surface area contributed by atoms with Crippen LogP contribution in [0.1, 0.15) is 11.1 Å². The van der Waals surface area contributed by atoms with Crippen LogP contribution in [-0.2, 0) is 6.54 Å². The standard InChI is InChI=1S/C17H14N4O2/c22-21(23)17-6-4-14(5-7-17)11-19-16-3-1-2-15(10-16)12-20-9-8-18-13-20/h1-11,13H,12H2. The topological polar surface area (TPSA) is 73.3 Å². The number of nitro benzene ring substituents is 1. The van der Waals surface area contributed by atoms with E-state index in [1.165, 1.54) is 12.1 Å². The molecule has 0 unspecified atom stereocenters. The summed E-state index contributed by atoms with van der Waals surface area (Å²) >= 11 is 0. The molecule has 0 bridgehead atoms. The minimum atomic E-state index is -0.416. The van der Waals surface area contributed by atoms with Crippen molar-refractivity contribution in [3.05, 3.63) is 88.5 Å². The second-order valence-corrected chi connectivity index (χ2v) is 5.01. The summed E-state index contributed by atoms with van der Waals surface area (Å²) in [6.07, 6.45) is 7.12. The van der Waals surface area contributed by atoms with Crippen LogP contribution >= 0.6 is 0 Å². The van der Waals surface area contributed by atoms with Gasteiger partial charge >= 0.3 is 0 Å². The highest BCUT2D eigenvalue weighted by Gasteiger charge is 2.02. The van der Waals surface area contributed by atoms with Crippen LogP contribution in [-0.4, -0.2) is 20.7 Å². The van der Waals surface area contributed by atoms with Gasteiger partial charge in [-0.15, -0.1) is 0 Å². The summed E-state index contributed by atoms with van der Waals surface area (Å²) in [6, 6.07) is 14.2. The number of benzene rings is 2. The monoisotopic (exact) mass is 306 g/mol. The summed E-state index contributed by atoms with van der Waals surface area (Å²) in [6.45, 7) is 0.737. The van der Waals surface area contributed by atoms with E-state index in [1.54, 1.807) is 30.9 Å². The van der Waals surface area contributed by atoms with Gasteiger partial charge in [0.1, 0.15) is 0 Å². The summed E-state index contributed by atoms with van der Waals surface area (Å²) in [7, 11) is 0. The van der Waals surface area contributed by atoms with Crippen molar-refractivity contribution in [3.8, 4) is 0 Å². The number of imidazole rings is 1. The molecular formula is C17H14N4O2. The summed E-state index contributed by atoms with van der Waals surface area (Å²) in [5.74, 6) is 0. The van der Waals surface area contributed by atoms with Crippen LogP contribution < -0.4 is 0 Å². The van der Waals surface area contributed by atoms with Gasteiger partial charge in [-0.2, -0.15) is 0 Å². The third kappa shape index (κ3) is 3.88. The van der Waals surface area contributed by atoms with Crippen molar-refractivity contribution in [3.63, 3.8) is 0 Å². The molecule has 1 heterocycles. The Morgan fingerprint density at radius 1 is 1.22 bits per heavy atom. The summed E-state index contributed by atoms with van der Waals surface area (Å²) in [5.41, 5.74) is 2.85. The van der Waals surface area contributed by atoms with Crippen molar-refractivity contribution >= 4 is 17.6 Å². The maximum absolute atomic E-state index is 10.6. The molecule has 0 aliphatic heterocycles. The molecule has 0 saturated carbocycles. The van der Waals surface area contributed by atoms with Crippen molar-refractivity contribution in [1.82, 2.24) is 9.55 Å². The van der Waals surface area contributed by atoms with E-state index in [1.807, 2.05) is 35.0 Å².